The summed E-state index contributed by atoms with van der Waals surface area (Å²) in [5.41, 5.74) is 2.90. The van der Waals surface area contributed by atoms with Gasteiger partial charge in [0.25, 0.3) is 5.91 Å². The Balaban J connectivity index is 1.70. The number of rotatable bonds is 6. The van der Waals surface area contributed by atoms with Crippen LogP contribution in [0.4, 0.5) is 17.3 Å². The van der Waals surface area contributed by atoms with Crippen LogP contribution in [0.2, 0.25) is 0 Å². The van der Waals surface area contributed by atoms with Crippen molar-refractivity contribution in [2.75, 3.05) is 24.9 Å². The minimum atomic E-state index is -0.271. The van der Waals surface area contributed by atoms with Gasteiger partial charge in [-0.1, -0.05) is 17.7 Å². The normalized spacial score (nSPS) is 10.2. The number of benzene rings is 2. The molecular weight excluding hydrogens is 344 g/mol. The van der Waals surface area contributed by atoms with Crippen molar-refractivity contribution < 1.29 is 14.3 Å². The van der Waals surface area contributed by atoms with Gasteiger partial charge in [0.2, 0.25) is 5.95 Å². The molecule has 2 N–H and O–H groups in total. The number of methoxy groups -OCH3 is 2. The molecule has 7 heteroatoms. The zero-order valence-corrected chi connectivity index (χ0v) is 15.3. The minimum absolute atomic E-state index is 0.271. The lowest BCUT2D eigenvalue weighted by molar-refractivity contribution is 0.102. The third kappa shape index (κ3) is 4.52. The molecule has 0 saturated carbocycles. The van der Waals surface area contributed by atoms with Gasteiger partial charge in [-0.05, 0) is 31.2 Å². The Bertz CT molecular complexity index is 925. The van der Waals surface area contributed by atoms with Crippen molar-refractivity contribution in [3.8, 4) is 11.5 Å². The van der Waals surface area contributed by atoms with Crippen molar-refractivity contribution in [2.24, 2.45) is 0 Å². The molecule has 7 nitrogen and oxygen atoms in total. The highest BCUT2D eigenvalue weighted by molar-refractivity contribution is 6.03. The Morgan fingerprint density at radius 3 is 2.30 bits per heavy atom. The third-order valence-corrected chi connectivity index (χ3v) is 3.88. The van der Waals surface area contributed by atoms with E-state index in [9.17, 15) is 4.79 Å². The Hall–Kier alpha value is -3.61. The smallest absolute Gasteiger partial charge is 0.258 e. The molecule has 1 aromatic heterocycles. The first kappa shape index (κ1) is 18.2. The van der Waals surface area contributed by atoms with Gasteiger partial charge >= 0.3 is 0 Å². The number of hydrogen-bond donors (Lipinski definition) is 2. The molecule has 0 atom stereocenters. The molecule has 0 aliphatic carbocycles. The molecular formula is C20H20N4O3. The summed E-state index contributed by atoms with van der Waals surface area (Å²) < 4.78 is 10.5. The molecule has 0 unspecified atom stereocenters. The zero-order valence-electron chi connectivity index (χ0n) is 15.3. The van der Waals surface area contributed by atoms with Gasteiger partial charge in [-0.3, -0.25) is 4.79 Å². The van der Waals surface area contributed by atoms with E-state index in [1.807, 2.05) is 31.2 Å². The van der Waals surface area contributed by atoms with Gasteiger partial charge < -0.3 is 20.1 Å². The fourth-order valence-electron chi connectivity index (χ4n) is 2.37. The van der Waals surface area contributed by atoms with Crippen LogP contribution in [-0.4, -0.2) is 30.1 Å². The summed E-state index contributed by atoms with van der Waals surface area (Å²) in [6, 6.07) is 12.9. The van der Waals surface area contributed by atoms with E-state index in [4.69, 9.17) is 9.47 Å². The summed E-state index contributed by atoms with van der Waals surface area (Å²) in [7, 11) is 3.16. The molecule has 0 radical (unpaired) electrons. The maximum absolute atomic E-state index is 12.3. The topological polar surface area (TPSA) is 85.4 Å². The van der Waals surface area contributed by atoms with Gasteiger partial charge in [0.15, 0.2) is 0 Å². The van der Waals surface area contributed by atoms with Gasteiger partial charge in [0.1, 0.15) is 11.5 Å². The summed E-state index contributed by atoms with van der Waals surface area (Å²) in [6.45, 7) is 1.99. The third-order valence-electron chi connectivity index (χ3n) is 3.88. The number of carbonyl (C=O) groups excluding carboxylic acids is 1. The Morgan fingerprint density at radius 1 is 0.963 bits per heavy atom. The fraction of sp³-hybridized carbons (Fsp3) is 0.150. The number of nitrogens with one attached hydrogen (secondary N) is 2. The number of carbonyl (C=O) groups is 1. The number of aryl methyl sites for hydroxylation is 1. The highest BCUT2D eigenvalue weighted by Crippen LogP contribution is 2.30. The van der Waals surface area contributed by atoms with Crippen LogP contribution in [0, 0.1) is 6.92 Å². The lowest BCUT2D eigenvalue weighted by atomic mass is 10.2. The number of hydrogen-bond acceptors (Lipinski definition) is 6. The second-order valence-electron chi connectivity index (χ2n) is 5.81. The SMILES string of the molecule is COc1ccc(Nc2ncc(C(=O)Nc3ccc(C)cc3)cn2)c(OC)c1. The highest BCUT2D eigenvalue weighted by atomic mass is 16.5. The number of amides is 1. The second kappa shape index (κ2) is 8.18. The van der Waals surface area contributed by atoms with Crippen molar-refractivity contribution in [1.82, 2.24) is 9.97 Å². The zero-order chi connectivity index (χ0) is 19.2. The van der Waals surface area contributed by atoms with E-state index in [1.54, 1.807) is 32.4 Å². The lowest BCUT2D eigenvalue weighted by Crippen LogP contribution is -2.13. The van der Waals surface area contributed by atoms with Crippen LogP contribution in [0.15, 0.2) is 54.9 Å². The average molecular weight is 364 g/mol. The van der Waals surface area contributed by atoms with Crippen LogP contribution >= 0.6 is 0 Å². The van der Waals surface area contributed by atoms with Gasteiger partial charge in [-0.25, -0.2) is 9.97 Å². The first-order chi connectivity index (χ1) is 13.1. The predicted molar refractivity (Wildman–Crippen MR) is 104 cm³/mol. The van der Waals surface area contributed by atoms with Crippen LogP contribution in [0.5, 0.6) is 11.5 Å². The molecule has 0 fully saturated rings. The van der Waals surface area contributed by atoms with E-state index in [0.29, 0.717) is 28.7 Å². The van der Waals surface area contributed by atoms with Gasteiger partial charge in [0, 0.05) is 24.1 Å². The van der Waals surface area contributed by atoms with Crippen LogP contribution in [0.1, 0.15) is 15.9 Å². The number of aromatic nitrogens is 2. The number of nitrogens with zero attached hydrogens (tertiary/aromatic N) is 2. The van der Waals surface area contributed by atoms with Gasteiger partial charge in [-0.2, -0.15) is 0 Å². The van der Waals surface area contributed by atoms with Crippen LogP contribution in [0.3, 0.4) is 0 Å². The Labute approximate surface area is 157 Å². The molecule has 2 aromatic carbocycles. The monoisotopic (exact) mass is 364 g/mol. The molecule has 0 aliphatic heterocycles. The van der Waals surface area contributed by atoms with Gasteiger partial charge in [-0.15, -0.1) is 0 Å². The summed E-state index contributed by atoms with van der Waals surface area (Å²) >= 11 is 0. The summed E-state index contributed by atoms with van der Waals surface area (Å²) in [5.74, 6) is 1.36. The predicted octanol–water partition coefficient (Wildman–Crippen LogP) is 3.80. The number of ether oxygens (including phenoxy) is 2. The maximum atomic E-state index is 12.3. The van der Waals surface area contributed by atoms with Crippen LogP contribution < -0.4 is 20.1 Å². The summed E-state index contributed by atoms with van der Waals surface area (Å²) in [6.07, 6.45) is 2.93. The largest absolute Gasteiger partial charge is 0.497 e. The molecule has 138 valence electrons. The standard InChI is InChI=1S/C20H20N4O3/c1-13-4-6-15(7-5-13)23-19(25)14-11-21-20(22-12-14)24-17-9-8-16(26-2)10-18(17)27-3/h4-12H,1-3H3,(H,23,25)(H,21,22,24). The lowest BCUT2D eigenvalue weighted by Gasteiger charge is -2.11. The minimum Gasteiger partial charge on any atom is -0.497 e. The molecule has 3 rings (SSSR count). The second-order valence-corrected chi connectivity index (χ2v) is 5.81. The van der Waals surface area contributed by atoms with Crippen molar-refractivity contribution in [3.63, 3.8) is 0 Å². The molecule has 27 heavy (non-hydrogen) atoms. The van der Waals surface area contributed by atoms with E-state index in [-0.39, 0.29) is 5.91 Å². The first-order valence-corrected chi connectivity index (χ1v) is 8.28. The van der Waals surface area contributed by atoms with Crippen molar-refractivity contribution in [3.05, 3.63) is 66.0 Å². The van der Waals surface area contributed by atoms with E-state index >= 15 is 0 Å². The molecule has 0 spiro atoms. The van der Waals surface area contributed by atoms with E-state index < -0.39 is 0 Å². The Kier molecular flexibility index (Phi) is 5.51. The summed E-state index contributed by atoms with van der Waals surface area (Å²) in [4.78, 5) is 20.7. The van der Waals surface area contributed by atoms with Gasteiger partial charge in [0.05, 0.1) is 25.5 Å². The first-order valence-electron chi connectivity index (χ1n) is 8.28. The quantitative estimate of drug-likeness (QED) is 0.692. The van der Waals surface area contributed by atoms with Crippen LogP contribution in [0.25, 0.3) is 0 Å². The molecule has 0 aliphatic rings. The van der Waals surface area contributed by atoms with Crippen LogP contribution in [-0.2, 0) is 0 Å². The number of anilines is 3. The Morgan fingerprint density at radius 2 is 1.67 bits per heavy atom. The highest BCUT2D eigenvalue weighted by Gasteiger charge is 2.10. The summed E-state index contributed by atoms with van der Waals surface area (Å²) in [5, 5.41) is 5.87. The molecule has 0 bridgehead atoms. The van der Waals surface area contributed by atoms with Crippen molar-refractivity contribution in [1.29, 1.82) is 0 Å². The van der Waals surface area contributed by atoms with Crippen molar-refractivity contribution in [2.45, 2.75) is 6.92 Å². The fourth-order valence-corrected chi connectivity index (χ4v) is 2.37. The maximum Gasteiger partial charge on any atom is 0.258 e. The molecule has 0 saturated heterocycles. The molecule has 1 heterocycles. The van der Waals surface area contributed by atoms with E-state index in [0.717, 1.165) is 11.3 Å². The molecule has 3 aromatic rings. The van der Waals surface area contributed by atoms with E-state index in [2.05, 4.69) is 20.6 Å². The molecule has 1 amide bonds. The van der Waals surface area contributed by atoms with Crippen molar-refractivity contribution >= 4 is 23.2 Å². The van der Waals surface area contributed by atoms with E-state index in [1.165, 1.54) is 12.4 Å². The average Bonchev–Trinajstić information content (AvgIpc) is 2.70.